The number of halogens is 2. The fraction of sp³-hybridized carbons (Fsp3) is 0.588. The van der Waals surface area contributed by atoms with Crippen molar-refractivity contribution in [3.8, 4) is 0 Å². The molecule has 1 rings (SSSR count). The predicted molar refractivity (Wildman–Crippen MR) is 87.5 cm³/mol. The molecule has 0 N–H and O–H groups in total. The van der Waals surface area contributed by atoms with E-state index >= 15 is 0 Å². The minimum Gasteiger partial charge on any atom is -0.311 e. The third-order valence-electron chi connectivity index (χ3n) is 3.24. The van der Waals surface area contributed by atoms with Crippen LogP contribution < -0.4 is 4.90 Å². The third kappa shape index (κ3) is 5.31. The summed E-state index contributed by atoms with van der Waals surface area (Å²) in [4.78, 5) is 14.3. The summed E-state index contributed by atoms with van der Waals surface area (Å²) in [5, 5.41) is 0.288. The minimum atomic E-state index is -0.345. The number of nitrogens with zero attached hydrogens (tertiary/aromatic N) is 1. The normalized spacial score (nSPS) is 11.6. The quantitative estimate of drug-likeness (QED) is 0.717. The lowest BCUT2D eigenvalue weighted by Crippen LogP contribution is -2.34. The SMILES string of the molecule is CCCCN(C(=O)CC(C)(C)C)c1cc(C)c(F)cc1Cl. The molecule has 0 atom stereocenters. The van der Waals surface area contributed by atoms with Gasteiger partial charge in [-0.15, -0.1) is 0 Å². The van der Waals surface area contributed by atoms with E-state index in [-0.39, 0.29) is 22.2 Å². The maximum atomic E-state index is 13.6. The molecule has 4 heteroatoms. The van der Waals surface area contributed by atoms with Gasteiger partial charge in [-0.3, -0.25) is 4.79 Å². The van der Waals surface area contributed by atoms with Crippen molar-refractivity contribution in [3.63, 3.8) is 0 Å². The van der Waals surface area contributed by atoms with Crippen molar-refractivity contribution in [3.05, 3.63) is 28.5 Å². The molecule has 118 valence electrons. The van der Waals surface area contributed by atoms with Crippen molar-refractivity contribution in [2.75, 3.05) is 11.4 Å². The molecule has 0 aliphatic rings. The first kappa shape index (κ1) is 18.0. The Morgan fingerprint density at radius 2 is 1.95 bits per heavy atom. The zero-order valence-corrected chi connectivity index (χ0v) is 14.4. The summed E-state index contributed by atoms with van der Waals surface area (Å²) in [6, 6.07) is 2.95. The molecule has 1 amide bonds. The van der Waals surface area contributed by atoms with E-state index in [1.165, 1.54) is 6.07 Å². The Kier molecular flexibility index (Phi) is 6.21. The summed E-state index contributed by atoms with van der Waals surface area (Å²) in [6.07, 6.45) is 2.31. The van der Waals surface area contributed by atoms with E-state index in [4.69, 9.17) is 11.6 Å². The predicted octanol–water partition coefficient (Wildman–Crippen LogP) is 5.36. The zero-order valence-electron chi connectivity index (χ0n) is 13.6. The Balaban J connectivity index is 3.13. The van der Waals surface area contributed by atoms with E-state index in [0.717, 1.165) is 12.8 Å². The number of unbranched alkanes of at least 4 members (excludes halogenated alkanes) is 1. The average molecular weight is 314 g/mol. The highest BCUT2D eigenvalue weighted by Gasteiger charge is 2.24. The van der Waals surface area contributed by atoms with Gasteiger partial charge in [0.05, 0.1) is 10.7 Å². The van der Waals surface area contributed by atoms with Gasteiger partial charge in [-0.05, 0) is 36.5 Å². The van der Waals surface area contributed by atoms with Crippen LogP contribution in [0.25, 0.3) is 0 Å². The van der Waals surface area contributed by atoms with E-state index in [2.05, 4.69) is 6.92 Å². The van der Waals surface area contributed by atoms with Crippen LogP contribution in [0.15, 0.2) is 12.1 Å². The van der Waals surface area contributed by atoms with Crippen LogP contribution in [-0.4, -0.2) is 12.5 Å². The Morgan fingerprint density at radius 1 is 1.33 bits per heavy atom. The number of amides is 1. The van der Waals surface area contributed by atoms with Crippen molar-refractivity contribution in [2.24, 2.45) is 5.41 Å². The largest absolute Gasteiger partial charge is 0.311 e. The van der Waals surface area contributed by atoms with Gasteiger partial charge in [-0.1, -0.05) is 45.7 Å². The molecular weight excluding hydrogens is 289 g/mol. The molecule has 0 saturated heterocycles. The van der Waals surface area contributed by atoms with Crippen LogP contribution in [-0.2, 0) is 4.79 Å². The highest BCUT2D eigenvalue weighted by atomic mass is 35.5. The summed E-state index contributed by atoms with van der Waals surface area (Å²) in [5.41, 5.74) is 1.01. The van der Waals surface area contributed by atoms with Crippen molar-refractivity contribution in [2.45, 2.75) is 53.9 Å². The van der Waals surface area contributed by atoms with Crippen LogP contribution in [0.1, 0.15) is 52.5 Å². The van der Waals surface area contributed by atoms with E-state index in [1.807, 2.05) is 20.8 Å². The highest BCUT2D eigenvalue weighted by molar-refractivity contribution is 6.33. The Hall–Kier alpha value is -1.09. The maximum absolute atomic E-state index is 13.6. The molecule has 2 nitrogen and oxygen atoms in total. The minimum absolute atomic E-state index is 0.0314. The van der Waals surface area contributed by atoms with Crippen LogP contribution in [0.3, 0.4) is 0 Å². The molecule has 0 aliphatic heterocycles. The molecule has 0 fully saturated rings. The van der Waals surface area contributed by atoms with Crippen LogP contribution in [0, 0.1) is 18.2 Å². The van der Waals surface area contributed by atoms with Crippen molar-refractivity contribution in [1.29, 1.82) is 0 Å². The van der Waals surface area contributed by atoms with E-state index in [0.29, 0.717) is 24.2 Å². The lowest BCUT2D eigenvalue weighted by molar-refractivity contribution is -0.120. The Labute approximate surface area is 132 Å². The number of hydrogen-bond donors (Lipinski definition) is 0. The number of anilines is 1. The molecular formula is C17H25ClFNO. The van der Waals surface area contributed by atoms with Gasteiger partial charge in [0, 0.05) is 13.0 Å². The van der Waals surface area contributed by atoms with Crippen LogP contribution in [0.2, 0.25) is 5.02 Å². The van der Waals surface area contributed by atoms with E-state index < -0.39 is 0 Å². The maximum Gasteiger partial charge on any atom is 0.227 e. The lowest BCUT2D eigenvalue weighted by Gasteiger charge is -2.28. The molecule has 21 heavy (non-hydrogen) atoms. The van der Waals surface area contributed by atoms with Gasteiger partial charge < -0.3 is 4.90 Å². The first-order chi connectivity index (χ1) is 9.65. The Bertz CT molecular complexity index is 508. The number of carbonyl (C=O) groups is 1. The molecule has 0 spiro atoms. The zero-order chi connectivity index (χ0) is 16.2. The van der Waals surface area contributed by atoms with Crippen LogP contribution in [0.4, 0.5) is 10.1 Å². The second-order valence-corrected chi connectivity index (χ2v) is 7.10. The Morgan fingerprint density at radius 3 is 2.48 bits per heavy atom. The number of hydrogen-bond acceptors (Lipinski definition) is 1. The van der Waals surface area contributed by atoms with Crippen LogP contribution >= 0.6 is 11.6 Å². The number of rotatable bonds is 5. The van der Waals surface area contributed by atoms with Gasteiger partial charge in [0.1, 0.15) is 5.82 Å². The molecule has 0 bridgehead atoms. The van der Waals surface area contributed by atoms with Gasteiger partial charge in [-0.25, -0.2) is 4.39 Å². The second-order valence-electron chi connectivity index (χ2n) is 6.69. The molecule has 0 aromatic heterocycles. The molecule has 1 aromatic rings. The first-order valence-electron chi connectivity index (χ1n) is 7.41. The van der Waals surface area contributed by atoms with Crippen molar-refractivity contribution in [1.82, 2.24) is 0 Å². The summed E-state index contributed by atoms with van der Waals surface area (Å²) >= 11 is 6.16. The first-order valence-corrected chi connectivity index (χ1v) is 7.79. The number of aryl methyl sites for hydroxylation is 1. The van der Waals surface area contributed by atoms with Gasteiger partial charge in [0.25, 0.3) is 0 Å². The lowest BCUT2D eigenvalue weighted by atomic mass is 9.91. The van der Waals surface area contributed by atoms with Gasteiger partial charge in [-0.2, -0.15) is 0 Å². The van der Waals surface area contributed by atoms with Gasteiger partial charge in [0.15, 0.2) is 0 Å². The van der Waals surface area contributed by atoms with E-state index in [1.54, 1.807) is 17.9 Å². The van der Waals surface area contributed by atoms with Gasteiger partial charge >= 0.3 is 0 Å². The third-order valence-corrected chi connectivity index (χ3v) is 3.54. The summed E-state index contributed by atoms with van der Waals surface area (Å²) < 4.78 is 13.6. The molecule has 0 aliphatic carbocycles. The van der Waals surface area contributed by atoms with Crippen LogP contribution in [0.5, 0.6) is 0 Å². The monoisotopic (exact) mass is 313 g/mol. The van der Waals surface area contributed by atoms with Crippen molar-refractivity contribution < 1.29 is 9.18 Å². The summed E-state index contributed by atoms with van der Waals surface area (Å²) in [7, 11) is 0. The molecule has 0 heterocycles. The van der Waals surface area contributed by atoms with E-state index in [9.17, 15) is 9.18 Å². The summed E-state index contributed by atoms with van der Waals surface area (Å²) in [6.45, 7) is 10.4. The van der Waals surface area contributed by atoms with Crippen molar-refractivity contribution >= 4 is 23.2 Å². The molecule has 1 aromatic carbocycles. The molecule has 0 saturated carbocycles. The molecule has 0 unspecified atom stereocenters. The fourth-order valence-corrected chi connectivity index (χ4v) is 2.35. The fourth-order valence-electron chi connectivity index (χ4n) is 2.09. The number of benzene rings is 1. The smallest absolute Gasteiger partial charge is 0.227 e. The number of carbonyl (C=O) groups excluding carboxylic acids is 1. The topological polar surface area (TPSA) is 20.3 Å². The second kappa shape index (κ2) is 7.26. The highest BCUT2D eigenvalue weighted by Crippen LogP contribution is 2.31. The summed E-state index contributed by atoms with van der Waals surface area (Å²) in [5.74, 6) is -0.314. The standard InChI is InChI=1S/C17H25ClFNO/c1-6-7-8-20(16(21)11-17(3,4)5)15-9-12(2)14(19)10-13(15)18/h9-10H,6-8,11H2,1-5H3. The van der Waals surface area contributed by atoms with Gasteiger partial charge in [0.2, 0.25) is 5.91 Å². The molecule has 0 radical (unpaired) electrons. The average Bonchev–Trinajstić information content (AvgIpc) is 2.33.